The predicted molar refractivity (Wildman–Crippen MR) is 68.0 cm³/mol. The van der Waals surface area contributed by atoms with E-state index < -0.39 is 0 Å². The van der Waals surface area contributed by atoms with Crippen LogP contribution in [0.3, 0.4) is 0 Å². The van der Waals surface area contributed by atoms with Crippen LogP contribution in [0, 0.1) is 17.8 Å². The van der Waals surface area contributed by atoms with Crippen LogP contribution in [0.2, 0.25) is 0 Å². The Morgan fingerprint density at radius 2 is 2.00 bits per heavy atom. The highest BCUT2D eigenvalue weighted by Crippen LogP contribution is 2.34. The number of carbonyl (C=O) groups is 1. The van der Waals surface area contributed by atoms with Crippen LogP contribution in [0.15, 0.2) is 0 Å². The molecular weight excluding hydrogens is 216 g/mol. The van der Waals surface area contributed by atoms with Gasteiger partial charge in [0.2, 0.25) is 0 Å². The second kappa shape index (κ2) is 7.12. The molecule has 1 rings (SSSR count). The monoisotopic (exact) mass is 242 g/mol. The van der Waals surface area contributed by atoms with Crippen molar-refractivity contribution in [1.29, 1.82) is 0 Å². The molecule has 3 heteroatoms. The molecule has 1 saturated carbocycles. The van der Waals surface area contributed by atoms with Gasteiger partial charge in [0.15, 0.2) is 0 Å². The number of hydrogen-bond acceptors (Lipinski definition) is 3. The second-order valence-electron chi connectivity index (χ2n) is 5.31. The summed E-state index contributed by atoms with van der Waals surface area (Å²) in [4.78, 5) is 11.9. The first-order valence-electron chi connectivity index (χ1n) is 6.79. The molecule has 0 unspecified atom stereocenters. The molecule has 0 bridgehead atoms. The van der Waals surface area contributed by atoms with Crippen LogP contribution in [0.1, 0.15) is 40.5 Å². The molecule has 0 aliphatic heterocycles. The van der Waals surface area contributed by atoms with Gasteiger partial charge in [-0.1, -0.05) is 20.8 Å². The standard InChI is InChI=1S/C14H26O3/c1-5-16-6-7-17-13-9-12(8-11(13)4)14(15)10(2)3/h10-13H,5-9H2,1-4H3/t11-,12-,13-/m0/s1. The van der Waals surface area contributed by atoms with E-state index in [4.69, 9.17) is 9.47 Å². The molecule has 1 aliphatic rings. The van der Waals surface area contributed by atoms with E-state index in [1.165, 1.54) is 0 Å². The zero-order valence-corrected chi connectivity index (χ0v) is 11.6. The van der Waals surface area contributed by atoms with Crippen molar-refractivity contribution in [1.82, 2.24) is 0 Å². The van der Waals surface area contributed by atoms with Crippen molar-refractivity contribution in [3.63, 3.8) is 0 Å². The first kappa shape index (κ1) is 14.7. The van der Waals surface area contributed by atoms with Crippen molar-refractivity contribution in [2.24, 2.45) is 17.8 Å². The summed E-state index contributed by atoms with van der Waals surface area (Å²) < 4.78 is 11.0. The molecule has 0 heterocycles. The van der Waals surface area contributed by atoms with E-state index in [1.54, 1.807) is 0 Å². The normalized spacial score (nSPS) is 28.9. The van der Waals surface area contributed by atoms with E-state index in [9.17, 15) is 4.79 Å². The lowest BCUT2D eigenvalue weighted by Crippen LogP contribution is -2.20. The second-order valence-corrected chi connectivity index (χ2v) is 5.31. The lowest BCUT2D eigenvalue weighted by atomic mass is 9.93. The average molecular weight is 242 g/mol. The molecular formula is C14H26O3. The number of ether oxygens (including phenoxy) is 2. The number of ketones is 1. The molecule has 3 nitrogen and oxygen atoms in total. The Kier molecular flexibility index (Phi) is 6.14. The van der Waals surface area contributed by atoms with E-state index in [0.717, 1.165) is 19.4 Å². The van der Waals surface area contributed by atoms with Gasteiger partial charge in [-0.15, -0.1) is 0 Å². The Morgan fingerprint density at radius 3 is 2.59 bits per heavy atom. The van der Waals surface area contributed by atoms with Crippen molar-refractivity contribution < 1.29 is 14.3 Å². The third-order valence-corrected chi connectivity index (χ3v) is 3.54. The number of rotatable bonds is 7. The molecule has 1 aliphatic carbocycles. The van der Waals surface area contributed by atoms with Gasteiger partial charge < -0.3 is 9.47 Å². The predicted octanol–water partition coefficient (Wildman–Crippen LogP) is 2.68. The molecule has 3 atom stereocenters. The summed E-state index contributed by atoms with van der Waals surface area (Å²) in [5.74, 6) is 1.24. The summed E-state index contributed by atoms with van der Waals surface area (Å²) in [5, 5.41) is 0. The zero-order chi connectivity index (χ0) is 12.8. The Hall–Kier alpha value is -0.410. The third-order valence-electron chi connectivity index (χ3n) is 3.54. The van der Waals surface area contributed by atoms with Gasteiger partial charge in [-0.05, 0) is 25.7 Å². The summed E-state index contributed by atoms with van der Waals surface area (Å²) in [5.41, 5.74) is 0. The third kappa shape index (κ3) is 4.40. The van der Waals surface area contributed by atoms with Crippen molar-refractivity contribution >= 4 is 5.78 Å². The molecule has 0 radical (unpaired) electrons. The van der Waals surface area contributed by atoms with Gasteiger partial charge in [0.25, 0.3) is 0 Å². The van der Waals surface area contributed by atoms with Gasteiger partial charge in [0.1, 0.15) is 5.78 Å². The Morgan fingerprint density at radius 1 is 1.29 bits per heavy atom. The fourth-order valence-electron chi connectivity index (χ4n) is 2.55. The summed E-state index contributed by atoms with van der Waals surface area (Å²) in [6, 6.07) is 0. The molecule has 0 N–H and O–H groups in total. The number of carbonyl (C=O) groups excluding carboxylic acids is 1. The van der Waals surface area contributed by atoms with Crippen LogP contribution in [0.25, 0.3) is 0 Å². The maximum absolute atomic E-state index is 11.9. The van der Waals surface area contributed by atoms with Crippen molar-refractivity contribution in [2.45, 2.75) is 46.6 Å². The number of Topliss-reactive ketones (excluding diaryl/α,β-unsaturated/α-hetero) is 1. The van der Waals surface area contributed by atoms with Gasteiger partial charge in [0.05, 0.1) is 19.3 Å². The molecule has 0 aromatic rings. The van der Waals surface area contributed by atoms with Crippen LogP contribution in [-0.2, 0) is 14.3 Å². The van der Waals surface area contributed by atoms with E-state index in [-0.39, 0.29) is 17.9 Å². The lowest BCUT2D eigenvalue weighted by molar-refractivity contribution is -0.126. The quantitative estimate of drug-likeness (QED) is 0.644. The highest BCUT2D eigenvalue weighted by molar-refractivity contribution is 5.83. The van der Waals surface area contributed by atoms with Crippen LogP contribution < -0.4 is 0 Å². The van der Waals surface area contributed by atoms with E-state index in [1.807, 2.05) is 20.8 Å². The fraction of sp³-hybridized carbons (Fsp3) is 0.929. The van der Waals surface area contributed by atoms with Crippen molar-refractivity contribution in [3.8, 4) is 0 Å². The van der Waals surface area contributed by atoms with E-state index >= 15 is 0 Å². The highest BCUT2D eigenvalue weighted by atomic mass is 16.5. The van der Waals surface area contributed by atoms with Crippen molar-refractivity contribution in [2.75, 3.05) is 19.8 Å². The van der Waals surface area contributed by atoms with Gasteiger partial charge in [-0.2, -0.15) is 0 Å². The zero-order valence-electron chi connectivity index (χ0n) is 11.6. The molecule has 0 spiro atoms. The largest absolute Gasteiger partial charge is 0.379 e. The summed E-state index contributed by atoms with van der Waals surface area (Å²) >= 11 is 0. The van der Waals surface area contributed by atoms with Gasteiger partial charge >= 0.3 is 0 Å². The summed E-state index contributed by atoms with van der Waals surface area (Å²) in [7, 11) is 0. The molecule has 17 heavy (non-hydrogen) atoms. The minimum Gasteiger partial charge on any atom is -0.379 e. The lowest BCUT2D eigenvalue weighted by Gasteiger charge is -2.16. The SMILES string of the molecule is CCOCCO[C@H]1C[C@@H](C(=O)C(C)C)C[C@@H]1C. The fourth-order valence-corrected chi connectivity index (χ4v) is 2.55. The van der Waals surface area contributed by atoms with E-state index in [0.29, 0.717) is 24.9 Å². The molecule has 0 amide bonds. The van der Waals surface area contributed by atoms with E-state index in [2.05, 4.69) is 6.92 Å². The molecule has 100 valence electrons. The van der Waals surface area contributed by atoms with Gasteiger partial charge in [0, 0.05) is 18.4 Å². The van der Waals surface area contributed by atoms with Gasteiger partial charge in [-0.3, -0.25) is 4.79 Å². The Balaban J connectivity index is 2.31. The van der Waals surface area contributed by atoms with Gasteiger partial charge in [-0.25, -0.2) is 0 Å². The van der Waals surface area contributed by atoms with Crippen LogP contribution in [-0.4, -0.2) is 31.7 Å². The minimum absolute atomic E-state index is 0.148. The minimum atomic E-state index is 0.148. The van der Waals surface area contributed by atoms with Crippen LogP contribution >= 0.6 is 0 Å². The maximum atomic E-state index is 11.9. The summed E-state index contributed by atoms with van der Waals surface area (Å²) in [6.45, 7) is 10.2. The molecule has 0 aromatic carbocycles. The first-order chi connectivity index (χ1) is 8.06. The topological polar surface area (TPSA) is 35.5 Å². The smallest absolute Gasteiger partial charge is 0.138 e. The Labute approximate surface area is 105 Å². The van der Waals surface area contributed by atoms with Crippen LogP contribution in [0.4, 0.5) is 0 Å². The number of hydrogen-bond donors (Lipinski definition) is 0. The first-order valence-corrected chi connectivity index (χ1v) is 6.79. The maximum Gasteiger partial charge on any atom is 0.138 e. The Bertz CT molecular complexity index is 238. The average Bonchev–Trinajstić information content (AvgIpc) is 2.65. The highest BCUT2D eigenvalue weighted by Gasteiger charge is 2.36. The molecule has 0 aromatic heterocycles. The molecule has 1 fully saturated rings. The molecule has 0 saturated heterocycles. The van der Waals surface area contributed by atoms with Crippen molar-refractivity contribution in [3.05, 3.63) is 0 Å². The van der Waals surface area contributed by atoms with Crippen LogP contribution in [0.5, 0.6) is 0 Å². The summed E-state index contributed by atoms with van der Waals surface area (Å²) in [6.07, 6.45) is 2.11.